The van der Waals surface area contributed by atoms with Crippen molar-refractivity contribution in [2.24, 2.45) is 17.6 Å². The minimum atomic E-state index is -0.660. The largest absolute Gasteiger partial charge is 0.481 e. The Kier molecular flexibility index (Phi) is 3.53. The molecule has 0 heterocycles. The van der Waals surface area contributed by atoms with E-state index in [2.05, 4.69) is 0 Å². The van der Waals surface area contributed by atoms with Crippen molar-refractivity contribution in [1.29, 1.82) is 0 Å². The first-order valence-corrected chi connectivity index (χ1v) is 4.68. The average molecular weight is 171 g/mol. The Morgan fingerprint density at radius 3 is 2.58 bits per heavy atom. The normalized spacial score (nSPS) is 31.1. The minimum absolute atomic E-state index is 0.183. The van der Waals surface area contributed by atoms with E-state index in [4.69, 9.17) is 10.8 Å². The van der Waals surface area contributed by atoms with Crippen molar-refractivity contribution in [2.75, 3.05) is 6.54 Å². The fourth-order valence-corrected chi connectivity index (χ4v) is 1.99. The molecule has 0 radical (unpaired) electrons. The van der Waals surface area contributed by atoms with Crippen molar-refractivity contribution in [3.05, 3.63) is 0 Å². The number of carboxylic acids is 1. The molecule has 0 amide bonds. The van der Waals surface area contributed by atoms with Gasteiger partial charge in [-0.25, -0.2) is 0 Å². The van der Waals surface area contributed by atoms with Gasteiger partial charge in [-0.2, -0.15) is 0 Å². The minimum Gasteiger partial charge on any atom is -0.481 e. The molecule has 12 heavy (non-hydrogen) atoms. The number of hydrogen-bond donors (Lipinski definition) is 2. The number of carboxylic acid groups (broad SMARTS) is 1. The number of carbonyl (C=O) groups is 1. The highest BCUT2D eigenvalue weighted by atomic mass is 16.4. The third-order valence-corrected chi connectivity index (χ3v) is 2.78. The van der Waals surface area contributed by atoms with E-state index in [1.165, 1.54) is 6.42 Å². The van der Waals surface area contributed by atoms with Crippen LogP contribution in [0.2, 0.25) is 0 Å². The lowest BCUT2D eigenvalue weighted by molar-refractivity contribution is -0.143. The lowest BCUT2D eigenvalue weighted by Gasteiger charge is -2.18. The first kappa shape index (κ1) is 9.52. The summed E-state index contributed by atoms with van der Waals surface area (Å²) < 4.78 is 0. The Morgan fingerprint density at radius 2 is 2.00 bits per heavy atom. The summed E-state index contributed by atoms with van der Waals surface area (Å²) in [5.41, 5.74) is 5.54. The van der Waals surface area contributed by atoms with Gasteiger partial charge in [0.15, 0.2) is 0 Å². The number of rotatable bonds is 2. The van der Waals surface area contributed by atoms with E-state index in [0.717, 1.165) is 25.7 Å². The molecule has 0 aromatic carbocycles. The van der Waals surface area contributed by atoms with Crippen LogP contribution in [0.15, 0.2) is 0 Å². The molecule has 3 heteroatoms. The zero-order valence-electron chi connectivity index (χ0n) is 7.33. The molecule has 0 aromatic heterocycles. The van der Waals surface area contributed by atoms with Gasteiger partial charge in [-0.3, -0.25) is 4.79 Å². The Morgan fingerprint density at radius 1 is 1.33 bits per heavy atom. The molecule has 0 aliphatic heterocycles. The fourth-order valence-electron chi connectivity index (χ4n) is 1.99. The Labute approximate surface area is 72.9 Å². The van der Waals surface area contributed by atoms with E-state index < -0.39 is 5.97 Å². The maximum Gasteiger partial charge on any atom is 0.306 e. The zero-order valence-corrected chi connectivity index (χ0v) is 7.33. The smallest absolute Gasteiger partial charge is 0.306 e. The highest BCUT2D eigenvalue weighted by molar-refractivity contribution is 5.70. The van der Waals surface area contributed by atoms with Crippen LogP contribution >= 0.6 is 0 Å². The SMILES string of the molecule is NC[C@@H]1CCCCC[C@H]1C(=O)O. The molecule has 3 nitrogen and oxygen atoms in total. The molecular weight excluding hydrogens is 154 g/mol. The first-order chi connectivity index (χ1) is 5.75. The summed E-state index contributed by atoms with van der Waals surface area (Å²) in [6.07, 6.45) is 5.17. The summed E-state index contributed by atoms with van der Waals surface area (Å²) in [7, 11) is 0. The van der Waals surface area contributed by atoms with Gasteiger partial charge in [-0.15, -0.1) is 0 Å². The van der Waals surface area contributed by atoms with Crippen LogP contribution in [-0.4, -0.2) is 17.6 Å². The number of aliphatic carboxylic acids is 1. The van der Waals surface area contributed by atoms with E-state index in [9.17, 15) is 4.79 Å². The number of hydrogen-bond acceptors (Lipinski definition) is 2. The average Bonchev–Trinajstić information content (AvgIpc) is 2.27. The summed E-state index contributed by atoms with van der Waals surface area (Å²) in [4.78, 5) is 10.8. The monoisotopic (exact) mass is 171 g/mol. The van der Waals surface area contributed by atoms with Gasteiger partial charge in [0.05, 0.1) is 5.92 Å². The second-order valence-corrected chi connectivity index (χ2v) is 3.58. The van der Waals surface area contributed by atoms with E-state index in [1.54, 1.807) is 0 Å². The molecule has 1 fully saturated rings. The van der Waals surface area contributed by atoms with E-state index in [-0.39, 0.29) is 11.8 Å². The molecule has 1 aliphatic carbocycles. The van der Waals surface area contributed by atoms with Gasteiger partial charge in [0.1, 0.15) is 0 Å². The molecule has 70 valence electrons. The standard InChI is InChI=1S/C9H17NO2/c10-6-7-4-2-1-3-5-8(7)9(11)12/h7-8H,1-6,10H2,(H,11,12)/t7-,8+/m0/s1. The van der Waals surface area contributed by atoms with Crippen molar-refractivity contribution >= 4 is 5.97 Å². The summed E-state index contributed by atoms with van der Waals surface area (Å²) >= 11 is 0. The van der Waals surface area contributed by atoms with Gasteiger partial charge in [-0.1, -0.05) is 19.3 Å². The third-order valence-electron chi connectivity index (χ3n) is 2.78. The first-order valence-electron chi connectivity index (χ1n) is 4.68. The van der Waals surface area contributed by atoms with Crippen LogP contribution in [-0.2, 0) is 4.79 Å². The fraction of sp³-hybridized carbons (Fsp3) is 0.889. The van der Waals surface area contributed by atoms with Crippen LogP contribution in [0, 0.1) is 11.8 Å². The van der Waals surface area contributed by atoms with Crippen LogP contribution < -0.4 is 5.73 Å². The molecule has 3 N–H and O–H groups in total. The lowest BCUT2D eigenvalue weighted by atomic mass is 9.88. The van der Waals surface area contributed by atoms with Gasteiger partial charge in [-0.05, 0) is 25.3 Å². The Balaban J connectivity index is 2.57. The van der Waals surface area contributed by atoms with E-state index in [1.807, 2.05) is 0 Å². The summed E-state index contributed by atoms with van der Waals surface area (Å²) in [5, 5.41) is 8.91. The van der Waals surface area contributed by atoms with Crippen molar-refractivity contribution in [3.8, 4) is 0 Å². The maximum atomic E-state index is 10.8. The molecule has 1 saturated carbocycles. The number of nitrogens with two attached hydrogens (primary N) is 1. The summed E-state index contributed by atoms with van der Waals surface area (Å²) in [5.74, 6) is -0.630. The van der Waals surface area contributed by atoms with Crippen LogP contribution in [0.4, 0.5) is 0 Å². The van der Waals surface area contributed by atoms with Crippen molar-refractivity contribution < 1.29 is 9.90 Å². The van der Waals surface area contributed by atoms with Crippen LogP contribution in [0.25, 0.3) is 0 Å². The van der Waals surface area contributed by atoms with Crippen LogP contribution in [0.1, 0.15) is 32.1 Å². The van der Waals surface area contributed by atoms with E-state index in [0.29, 0.717) is 6.54 Å². The quantitative estimate of drug-likeness (QED) is 0.614. The molecular formula is C9H17NO2. The Bertz CT molecular complexity index is 159. The van der Waals surface area contributed by atoms with Crippen LogP contribution in [0.3, 0.4) is 0 Å². The zero-order chi connectivity index (χ0) is 8.97. The molecule has 0 spiro atoms. The maximum absolute atomic E-state index is 10.8. The predicted molar refractivity (Wildman–Crippen MR) is 46.8 cm³/mol. The molecule has 0 bridgehead atoms. The van der Waals surface area contributed by atoms with Crippen LogP contribution in [0.5, 0.6) is 0 Å². The second kappa shape index (κ2) is 4.45. The molecule has 0 unspecified atom stereocenters. The van der Waals surface area contributed by atoms with Crippen molar-refractivity contribution in [2.45, 2.75) is 32.1 Å². The van der Waals surface area contributed by atoms with E-state index >= 15 is 0 Å². The molecule has 1 rings (SSSR count). The van der Waals surface area contributed by atoms with Gasteiger partial charge >= 0.3 is 5.97 Å². The second-order valence-electron chi connectivity index (χ2n) is 3.58. The Hall–Kier alpha value is -0.570. The van der Waals surface area contributed by atoms with Crippen molar-refractivity contribution in [1.82, 2.24) is 0 Å². The van der Waals surface area contributed by atoms with Gasteiger partial charge < -0.3 is 10.8 Å². The van der Waals surface area contributed by atoms with Gasteiger partial charge in [0.25, 0.3) is 0 Å². The molecule has 0 aromatic rings. The highest BCUT2D eigenvalue weighted by Gasteiger charge is 2.27. The third kappa shape index (κ3) is 2.21. The van der Waals surface area contributed by atoms with Gasteiger partial charge in [0, 0.05) is 0 Å². The summed E-state index contributed by atoms with van der Waals surface area (Å²) in [6.45, 7) is 0.525. The predicted octanol–water partition coefficient (Wildman–Crippen LogP) is 1.23. The highest BCUT2D eigenvalue weighted by Crippen LogP contribution is 2.28. The topological polar surface area (TPSA) is 63.3 Å². The van der Waals surface area contributed by atoms with Gasteiger partial charge in [0.2, 0.25) is 0 Å². The van der Waals surface area contributed by atoms with Crippen molar-refractivity contribution in [3.63, 3.8) is 0 Å². The molecule has 0 saturated heterocycles. The molecule has 2 atom stereocenters. The summed E-state index contributed by atoms with van der Waals surface area (Å²) in [6, 6.07) is 0. The lowest BCUT2D eigenvalue weighted by Crippen LogP contribution is -2.28. The molecule has 1 aliphatic rings.